The van der Waals surface area contributed by atoms with Crippen molar-refractivity contribution in [1.82, 2.24) is 20.2 Å². The first-order chi connectivity index (χ1) is 9.52. The molecule has 2 amide bonds. The fourth-order valence-corrected chi connectivity index (χ4v) is 2.18. The van der Waals surface area contributed by atoms with Crippen LogP contribution in [0.4, 0.5) is 4.79 Å². The second-order valence-electron chi connectivity index (χ2n) is 5.21. The molecule has 110 valence electrons. The van der Waals surface area contributed by atoms with Gasteiger partial charge in [-0.05, 0) is 5.92 Å². The summed E-state index contributed by atoms with van der Waals surface area (Å²) in [5.41, 5.74) is 1.53. The maximum atomic E-state index is 12.2. The molecule has 0 aliphatic carbocycles. The number of rotatable bonds is 4. The van der Waals surface area contributed by atoms with E-state index in [1.165, 1.54) is 11.2 Å². The van der Waals surface area contributed by atoms with Gasteiger partial charge in [0.15, 0.2) is 0 Å². The van der Waals surface area contributed by atoms with Gasteiger partial charge < -0.3 is 20.3 Å². The van der Waals surface area contributed by atoms with Crippen LogP contribution in [0.2, 0.25) is 0 Å². The van der Waals surface area contributed by atoms with Gasteiger partial charge in [-0.2, -0.15) is 0 Å². The second kappa shape index (κ2) is 5.94. The van der Waals surface area contributed by atoms with Crippen LogP contribution in [-0.4, -0.2) is 44.6 Å². The van der Waals surface area contributed by atoms with Crippen molar-refractivity contribution in [3.05, 3.63) is 17.7 Å². The van der Waals surface area contributed by atoms with Crippen LogP contribution in [0, 0.1) is 5.92 Å². The van der Waals surface area contributed by atoms with Crippen LogP contribution >= 0.6 is 0 Å². The van der Waals surface area contributed by atoms with Crippen molar-refractivity contribution in [3.8, 4) is 0 Å². The van der Waals surface area contributed by atoms with Crippen molar-refractivity contribution in [2.24, 2.45) is 5.92 Å². The van der Waals surface area contributed by atoms with Crippen molar-refractivity contribution in [2.75, 3.05) is 6.54 Å². The zero-order valence-electron chi connectivity index (χ0n) is 11.7. The highest BCUT2D eigenvalue weighted by molar-refractivity contribution is 5.83. The van der Waals surface area contributed by atoms with Crippen LogP contribution in [0.5, 0.6) is 0 Å². The lowest BCUT2D eigenvalue weighted by Crippen LogP contribution is -2.52. The highest BCUT2D eigenvalue weighted by Gasteiger charge is 2.35. The number of fused-ring (bicyclic) bond motifs is 1. The molecule has 1 aliphatic rings. The van der Waals surface area contributed by atoms with Gasteiger partial charge in [-0.25, -0.2) is 14.6 Å². The molecule has 0 spiro atoms. The van der Waals surface area contributed by atoms with Gasteiger partial charge in [-0.3, -0.25) is 0 Å². The molecule has 0 saturated heterocycles. The highest BCUT2D eigenvalue weighted by atomic mass is 16.4. The van der Waals surface area contributed by atoms with Gasteiger partial charge in [-0.1, -0.05) is 20.3 Å². The average molecular weight is 280 g/mol. The van der Waals surface area contributed by atoms with Gasteiger partial charge in [-0.15, -0.1) is 0 Å². The predicted octanol–water partition coefficient (Wildman–Crippen LogP) is 0.977. The lowest BCUT2D eigenvalue weighted by molar-refractivity contribution is -0.142. The summed E-state index contributed by atoms with van der Waals surface area (Å²) in [6.45, 7) is 4.89. The van der Waals surface area contributed by atoms with Gasteiger partial charge in [0, 0.05) is 13.0 Å². The van der Waals surface area contributed by atoms with E-state index in [0.29, 0.717) is 12.5 Å². The van der Waals surface area contributed by atoms with Crippen LogP contribution < -0.4 is 5.32 Å². The molecule has 1 aromatic rings. The molecule has 7 nitrogen and oxygen atoms in total. The van der Waals surface area contributed by atoms with Crippen molar-refractivity contribution < 1.29 is 14.7 Å². The fraction of sp³-hybridized carbons (Fsp3) is 0.615. The average Bonchev–Trinajstić information content (AvgIpc) is 2.89. The Morgan fingerprint density at radius 3 is 3.05 bits per heavy atom. The standard InChI is InChI=1S/C13H20N4O3/c1-3-8(2)5-14-13(20)17-6-10-9(15-7-16-10)4-11(17)12(18)19/h7-8,11H,3-6H2,1-2H3,(H,14,20)(H,15,16)(H,18,19). The van der Waals surface area contributed by atoms with Crippen LogP contribution in [0.3, 0.4) is 0 Å². The lowest BCUT2D eigenvalue weighted by Gasteiger charge is -2.32. The first kappa shape index (κ1) is 14.4. The van der Waals surface area contributed by atoms with Gasteiger partial charge in [0.2, 0.25) is 0 Å². The number of carbonyl (C=O) groups excluding carboxylic acids is 1. The molecule has 0 bridgehead atoms. The third-order valence-electron chi connectivity index (χ3n) is 3.74. The van der Waals surface area contributed by atoms with E-state index in [-0.39, 0.29) is 19.0 Å². The minimum Gasteiger partial charge on any atom is -0.480 e. The smallest absolute Gasteiger partial charge is 0.326 e. The number of aliphatic carboxylic acids is 1. The predicted molar refractivity (Wildman–Crippen MR) is 72.1 cm³/mol. The van der Waals surface area contributed by atoms with Crippen LogP contribution in [0.25, 0.3) is 0 Å². The Balaban J connectivity index is 2.08. The largest absolute Gasteiger partial charge is 0.480 e. The monoisotopic (exact) mass is 280 g/mol. The highest BCUT2D eigenvalue weighted by Crippen LogP contribution is 2.20. The number of aromatic amines is 1. The van der Waals surface area contributed by atoms with E-state index in [2.05, 4.69) is 22.2 Å². The summed E-state index contributed by atoms with van der Waals surface area (Å²) in [7, 11) is 0. The summed E-state index contributed by atoms with van der Waals surface area (Å²) in [6, 6.07) is -1.19. The van der Waals surface area contributed by atoms with Gasteiger partial charge >= 0.3 is 12.0 Å². The number of carboxylic acid groups (broad SMARTS) is 1. The summed E-state index contributed by atoms with van der Waals surface area (Å²) < 4.78 is 0. The fourth-order valence-electron chi connectivity index (χ4n) is 2.18. The Kier molecular flexibility index (Phi) is 4.26. The number of aromatic nitrogens is 2. The zero-order valence-corrected chi connectivity index (χ0v) is 11.7. The van der Waals surface area contributed by atoms with Crippen molar-refractivity contribution in [3.63, 3.8) is 0 Å². The van der Waals surface area contributed by atoms with Crippen LogP contribution in [-0.2, 0) is 17.8 Å². The molecule has 1 aliphatic heterocycles. The Hall–Kier alpha value is -2.05. The summed E-state index contributed by atoms with van der Waals surface area (Å²) in [6.07, 6.45) is 2.74. The molecule has 0 aromatic carbocycles. The SMILES string of the molecule is CCC(C)CNC(=O)N1Cc2[nH]cnc2CC1C(=O)O. The number of carboxylic acids is 1. The molecule has 7 heteroatoms. The third-order valence-corrected chi connectivity index (χ3v) is 3.74. The minimum atomic E-state index is -1.00. The summed E-state index contributed by atoms with van der Waals surface area (Å²) in [4.78, 5) is 31.9. The Bertz CT molecular complexity index is 500. The van der Waals surface area contributed by atoms with E-state index < -0.39 is 12.0 Å². The first-order valence-corrected chi connectivity index (χ1v) is 6.81. The molecule has 0 saturated carbocycles. The Morgan fingerprint density at radius 1 is 1.65 bits per heavy atom. The number of urea groups is 1. The minimum absolute atomic E-state index is 0.241. The first-order valence-electron chi connectivity index (χ1n) is 6.81. The molecule has 0 fully saturated rings. The second-order valence-corrected chi connectivity index (χ2v) is 5.21. The summed E-state index contributed by atoms with van der Waals surface area (Å²) >= 11 is 0. The molecule has 0 radical (unpaired) electrons. The topological polar surface area (TPSA) is 98.3 Å². The van der Waals surface area contributed by atoms with Crippen LogP contribution in [0.1, 0.15) is 31.7 Å². The number of carbonyl (C=O) groups is 2. The Morgan fingerprint density at radius 2 is 2.40 bits per heavy atom. The molecule has 2 heterocycles. The number of hydrogen-bond acceptors (Lipinski definition) is 3. The number of nitrogens with zero attached hydrogens (tertiary/aromatic N) is 2. The number of imidazole rings is 1. The molecule has 2 rings (SSSR count). The molecule has 2 atom stereocenters. The molecular weight excluding hydrogens is 260 g/mol. The molecule has 2 unspecified atom stereocenters. The molecule has 20 heavy (non-hydrogen) atoms. The number of H-pyrrole nitrogens is 1. The van der Waals surface area contributed by atoms with Crippen molar-refractivity contribution >= 4 is 12.0 Å². The van der Waals surface area contributed by atoms with E-state index in [9.17, 15) is 14.7 Å². The normalized spacial score (nSPS) is 19.3. The summed E-state index contributed by atoms with van der Waals surface area (Å²) in [5, 5.41) is 12.1. The quantitative estimate of drug-likeness (QED) is 0.765. The van der Waals surface area contributed by atoms with Gasteiger partial charge in [0.25, 0.3) is 0 Å². The van der Waals surface area contributed by atoms with E-state index in [1.54, 1.807) is 0 Å². The summed E-state index contributed by atoms with van der Waals surface area (Å²) in [5.74, 6) is -0.632. The van der Waals surface area contributed by atoms with E-state index >= 15 is 0 Å². The zero-order chi connectivity index (χ0) is 14.7. The van der Waals surface area contributed by atoms with Gasteiger partial charge in [0.1, 0.15) is 6.04 Å². The van der Waals surface area contributed by atoms with E-state index in [4.69, 9.17) is 0 Å². The number of nitrogens with one attached hydrogen (secondary N) is 2. The maximum absolute atomic E-state index is 12.2. The lowest BCUT2D eigenvalue weighted by atomic mass is 10.0. The third kappa shape index (κ3) is 2.92. The van der Waals surface area contributed by atoms with Crippen molar-refractivity contribution in [1.29, 1.82) is 0 Å². The van der Waals surface area contributed by atoms with E-state index in [1.807, 2.05) is 6.92 Å². The number of amides is 2. The van der Waals surface area contributed by atoms with Crippen LogP contribution in [0.15, 0.2) is 6.33 Å². The maximum Gasteiger partial charge on any atom is 0.326 e. The molecule has 1 aromatic heterocycles. The number of hydrogen-bond donors (Lipinski definition) is 3. The van der Waals surface area contributed by atoms with E-state index in [0.717, 1.165) is 17.8 Å². The van der Waals surface area contributed by atoms with Crippen molar-refractivity contribution in [2.45, 2.75) is 39.3 Å². The van der Waals surface area contributed by atoms with Gasteiger partial charge in [0.05, 0.1) is 24.3 Å². The Labute approximate surface area is 117 Å². The molecule has 3 N–H and O–H groups in total. The molecular formula is C13H20N4O3.